The van der Waals surface area contributed by atoms with E-state index in [0.717, 1.165) is 30.3 Å². The fourth-order valence-electron chi connectivity index (χ4n) is 4.21. The van der Waals surface area contributed by atoms with Crippen LogP contribution in [0.5, 0.6) is 0 Å². The van der Waals surface area contributed by atoms with E-state index in [1.807, 2.05) is 23.1 Å². The van der Waals surface area contributed by atoms with Gasteiger partial charge in [-0.2, -0.15) is 0 Å². The zero-order valence-corrected chi connectivity index (χ0v) is 14.0. The first-order valence-corrected chi connectivity index (χ1v) is 9.42. The Balaban J connectivity index is 1.57. The number of nitrogens with one attached hydrogen (secondary N) is 1. The fraction of sp³-hybridized carbons (Fsp3) is 0.750. The molecule has 1 nitrogen and oxygen atoms in total. The van der Waals surface area contributed by atoms with Crippen molar-refractivity contribution in [3.63, 3.8) is 0 Å². The Hall–Kier alpha value is 0.01000. The lowest BCUT2D eigenvalue weighted by atomic mass is 9.45. The van der Waals surface area contributed by atoms with E-state index in [4.69, 9.17) is 0 Å². The molecule has 1 N–H and O–H groups in total. The molecule has 1 aromatic rings. The highest BCUT2D eigenvalue weighted by Gasteiger charge is 2.55. The van der Waals surface area contributed by atoms with Gasteiger partial charge in [-0.05, 0) is 54.4 Å². The Labute approximate surface area is 125 Å². The number of fused-ring (bicyclic) bond motifs is 2. The van der Waals surface area contributed by atoms with Crippen molar-refractivity contribution in [3.05, 3.63) is 17.0 Å². The van der Waals surface area contributed by atoms with E-state index in [0.29, 0.717) is 5.41 Å². The molecule has 0 radical (unpaired) electrons. The topological polar surface area (TPSA) is 12.0 Å². The Morgan fingerprint density at radius 3 is 2.74 bits per heavy atom. The maximum atomic E-state index is 3.82. The molecule has 3 aliphatic rings. The molecule has 3 aliphatic carbocycles. The molecule has 4 unspecified atom stereocenters. The van der Waals surface area contributed by atoms with Gasteiger partial charge < -0.3 is 5.32 Å². The molecular formula is C16H25NS2. The molecule has 1 aromatic heterocycles. The van der Waals surface area contributed by atoms with Gasteiger partial charge in [0.1, 0.15) is 0 Å². The summed E-state index contributed by atoms with van der Waals surface area (Å²) in [4.78, 5) is 1.48. The van der Waals surface area contributed by atoms with Gasteiger partial charge in [-0.1, -0.05) is 20.8 Å². The second-order valence-electron chi connectivity index (χ2n) is 6.87. The summed E-state index contributed by atoms with van der Waals surface area (Å²) < 4.78 is 1.43. The molecule has 3 saturated carbocycles. The van der Waals surface area contributed by atoms with Gasteiger partial charge in [0.15, 0.2) is 0 Å². The highest BCUT2D eigenvalue weighted by atomic mass is 32.2. The maximum absolute atomic E-state index is 3.82. The van der Waals surface area contributed by atoms with Gasteiger partial charge in [0.05, 0.1) is 4.21 Å². The molecule has 19 heavy (non-hydrogen) atoms. The summed E-state index contributed by atoms with van der Waals surface area (Å²) in [6.45, 7) is 8.46. The van der Waals surface area contributed by atoms with E-state index >= 15 is 0 Å². The third-order valence-electron chi connectivity index (χ3n) is 5.73. The van der Waals surface area contributed by atoms with Crippen LogP contribution in [0.3, 0.4) is 0 Å². The number of thiophene rings is 1. The zero-order valence-electron chi connectivity index (χ0n) is 12.4. The first-order valence-electron chi connectivity index (χ1n) is 7.38. The standard InChI is InChI=1S/C16H25NS2/c1-10-13-7-11(16(13,2)3)8-14(10)17-9-12-5-6-15(18-4)19-12/h5-6,10-11,13-14,17H,7-9H2,1-4H3. The number of rotatable bonds is 4. The molecule has 3 fully saturated rings. The van der Waals surface area contributed by atoms with E-state index in [1.165, 1.54) is 21.9 Å². The van der Waals surface area contributed by atoms with Crippen LogP contribution in [-0.2, 0) is 6.54 Å². The lowest BCUT2D eigenvalue weighted by Gasteiger charge is -2.62. The average Bonchev–Trinajstić information content (AvgIpc) is 2.84. The summed E-state index contributed by atoms with van der Waals surface area (Å²) in [5.41, 5.74) is 0.604. The van der Waals surface area contributed by atoms with Crippen LogP contribution in [0.15, 0.2) is 16.3 Å². The minimum absolute atomic E-state index is 0.604. The van der Waals surface area contributed by atoms with Crippen LogP contribution in [-0.4, -0.2) is 12.3 Å². The van der Waals surface area contributed by atoms with Crippen LogP contribution in [0.2, 0.25) is 0 Å². The van der Waals surface area contributed by atoms with Crippen molar-refractivity contribution < 1.29 is 0 Å². The summed E-state index contributed by atoms with van der Waals surface area (Å²) in [6.07, 6.45) is 5.01. The third kappa shape index (κ3) is 2.38. The number of thioether (sulfide) groups is 1. The van der Waals surface area contributed by atoms with Gasteiger partial charge in [0, 0.05) is 17.5 Å². The van der Waals surface area contributed by atoms with Crippen molar-refractivity contribution in [1.82, 2.24) is 5.32 Å². The molecule has 0 amide bonds. The third-order valence-corrected chi connectivity index (χ3v) is 7.90. The van der Waals surface area contributed by atoms with Crippen molar-refractivity contribution in [2.45, 2.75) is 50.4 Å². The van der Waals surface area contributed by atoms with Crippen LogP contribution < -0.4 is 5.32 Å². The molecule has 3 heteroatoms. The molecule has 0 saturated heterocycles. The Kier molecular flexibility index (Phi) is 3.74. The molecule has 106 valence electrons. The molecule has 1 heterocycles. The monoisotopic (exact) mass is 295 g/mol. The average molecular weight is 296 g/mol. The van der Waals surface area contributed by atoms with Crippen LogP contribution >= 0.6 is 23.1 Å². The van der Waals surface area contributed by atoms with E-state index in [2.05, 4.69) is 44.5 Å². The van der Waals surface area contributed by atoms with Gasteiger partial charge in [-0.25, -0.2) is 0 Å². The Morgan fingerprint density at radius 1 is 1.37 bits per heavy atom. The predicted molar refractivity (Wildman–Crippen MR) is 85.9 cm³/mol. The van der Waals surface area contributed by atoms with Crippen molar-refractivity contribution in [1.29, 1.82) is 0 Å². The van der Waals surface area contributed by atoms with Gasteiger partial charge in [-0.15, -0.1) is 23.1 Å². The van der Waals surface area contributed by atoms with Crippen LogP contribution in [0.1, 0.15) is 38.5 Å². The molecule has 0 aromatic carbocycles. The maximum Gasteiger partial charge on any atom is 0.0599 e. The second kappa shape index (κ2) is 5.09. The van der Waals surface area contributed by atoms with Gasteiger partial charge in [-0.3, -0.25) is 0 Å². The van der Waals surface area contributed by atoms with Crippen molar-refractivity contribution in [2.75, 3.05) is 6.26 Å². The molecule has 4 atom stereocenters. The molecule has 4 rings (SSSR count). The van der Waals surface area contributed by atoms with E-state index in [9.17, 15) is 0 Å². The summed E-state index contributed by atoms with van der Waals surface area (Å²) >= 11 is 3.78. The van der Waals surface area contributed by atoms with Gasteiger partial charge >= 0.3 is 0 Å². The lowest BCUT2D eigenvalue weighted by Crippen LogP contribution is -2.59. The highest BCUT2D eigenvalue weighted by molar-refractivity contribution is 8.00. The normalized spacial score (nSPS) is 36.0. The van der Waals surface area contributed by atoms with Gasteiger partial charge in [0.2, 0.25) is 0 Å². The molecular weight excluding hydrogens is 270 g/mol. The fourth-order valence-corrected chi connectivity index (χ4v) is 5.76. The van der Waals surface area contributed by atoms with Crippen molar-refractivity contribution in [3.8, 4) is 0 Å². The summed E-state index contributed by atoms with van der Waals surface area (Å²) in [6, 6.07) is 5.26. The molecule has 0 aliphatic heterocycles. The minimum Gasteiger partial charge on any atom is -0.309 e. The Morgan fingerprint density at radius 2 is 2.16 bits per heavy atom. The molecule has 0 spiro atoms. The predicted octanol–water partition coefficient (Wildman–Crippen LogP) is 4.63. The lowest BCUT2D eigenvalue weighted by molar-refractivity contribution is -0.115. The van der Waals surface area contributed by atoms with E-state index in [1.54, 1.807) is 0 Å². The van der Waals surface area contributed by atoms with E-state index in [-0.39, 0.29) is 0 Å². The van der Waals surface area contributed by atoms with Gasteiger partial charge in [0.25, 0.3) is 0 Å². The van der Waals surface area contributed by atoms with Crippen molar-refractivity contribution in [2.24, 2.45) is 23.2 Å². The second-order valence-corrected chi connectivity index (χ2v) is 9.14. The van der Waals surface area contributed by atoms with Crippen LogP contribution in [0.25, 0.3) is 0 Å². The number of hydrogen-bond donors (Lipinski definition) is 1. The highest BCUT2D eigenvalue weighted by Crippen LogP contribution is 2.61. The number of hydrogen-bond acceptors (Lipinski definition) is 3. The van der Waals surface area contributed by atoms with E-state index < -0.39 is 0 Å². The van der Waals surface area contributed by atoms with Crippen LogP contribution in [0, 0.1) is 23.2 Å². The SMILES string of the molecule is CSc1ccc(CNC2CC3CC(C2C)C3(C)C)s1. The molecule has 2 bridgehead atoms. The Bertz CT molecular complexity index is 451. The first-order chi connectivity index (χ1) is 9.02. The summed E-state index contributed by atoms with van der Waals surface area (Å²) in [7, 11) is 0. The van der Waals surface area contributed by atoms with Crippen molar-refractivity contribution >= 4 is 23.1 Å². The minimum atomic E-state index is 0.604. The summed E-state index contributed by atoms with van der Waals surface area (Å²) in [5.74, 6) is 2.73. The quantitative estimate of drug-likeness (QED) is 0.813. The largest absolute Gasteiger partial charge is 0.309 e. The first kappa shape index (κ1) is 14.0. The smallest absolute Gasteiger partial charge is 0.0599 e. The van der Waals surface area contributed by atoms with Crippen LogP contribution in [0.4, 0.5) is 0 Å². The zero-order chi connectivity index (χ0) is 13.6. The summed E-state index contributed by atoms with van der Waals surface area (Å²) in [5, 5.41) is 3.82.